The van der Waals surface area contributed by atoms with Gasteiger partial charge in [0.25, 0.3) is 11.8 Å². The van der Waals surface area contributed by atoms with Crippen LogP contribution in [-0.2, 0) is 4.74 Å². The molecular formula is C23H26BrN3O4S. The summed E-state index contributed by atoms with van der Waals surface area (Å²) in [7, 11) is 0. The molecule has 0 aromatic heterocycles. The summed E-state index contributed by atoms with van der Waals surface area (Å²) < 4.78 is 11.8. The number of unbranched alkanes of at least 4 members (excludes halogenated alkanes) is 1. The number of amides is 2. The first kappa shape index (κ1) is 24.2. The number of morpholine rings is 1. The Morgan fingerprint density at radius 3 is 2.56 bits per heavy atom. The number of hydrogen-bond acceptors (Lipinski definition) is 5. The quantitative estimate of drug-likeness (QED) is 0.421. The lowest BCUT2D eigenvalue weighted by Crippen LogP contribution is -2.40. The van der Waals surface area contributed by atoms with Crippen LogP contribution < -0.4 is 15.4 Å². The van der Waals surface area contributed by atoms with Gasteiger partial charge in [-0.05, 0) is 61.1 Å². The maximum atomic E-state index is 12.8. The SMILES string of the molecule is CCCCOc1ccc(Br)cc1C(=O)NC(=S)Nc1ccc(C(=O)N2CCOCC2)cc1. The van der Waals surface area contributed by atoms with E-state index in [9.17, 15) is 9.59 Å². The van der Waals surface area contributed by atoms with E-state index in [1.165, 1.54) is 0 Å². The van der Waals surface area contributed by atoms with Crippen LogP contribution >= 0.6 is 28.1 Å². The highest BCUT2D eigenvalue weighted by Gasteiger charge is 2.19. The van der Waals surface area contributed by atoms with Crippen molar-refractivity contribution in [2.24, 2.45) is 0 Å². The van der Waals surface area contributed by atoms with E-state index in [-0.39, 0.29) is 16.9 Å². The van der Waals surface area contributed by atoms with E-state index in [0.29, 0.717) is 55.5 Å². The van der Waals surface area contributed by atoms with Crippen molar-refractivity contribution in [1.82, 2.24) is 10.2 Å². The maximum absolute atomic E-state index is 12.8. The van der Waals surface area contributed by atoms with E-state index >= 15 is 0 Å². The van der Waals surface area contributed by atoms with Crippen LogP contribution in [0.2, 0.25) is 0 Å². The van der Waals surface area contributed by atoms with Gasteiger partial charge in [0.15, 0.2) is 5.11 Å². The first-order valence-corrected chi connectivity index (χ1v) is 11.7. The summed E-state index contributed by atoms with van der Waals surface area (Å²) in [6.07, 6.45) is 1.91. The van der Waals surface area contributed by atoms with Gasteiger partial charge in [0.1, 0.15) is 5.75 Å². The molecule has 0 bridgehead atoms. The molecule has 0 atom stereocenters. The predicted octanol–water partition coefficient (Wildman–Crippen LogP) is 4.23. The average molecular weight is 520 g/mol. The Labute approximate surface area is 201 Å². The minimum atomic E-state index is -0.366. The Morgan fingerprint density at radius 2 is 1.88 bits per heavy atom. The number of thiocarbonyl (C=S) groups is 1. The van der Waals surface area contributed by atoms with Crippen LogP contribution in [0.4, 0.5) is 5.69 Å². The minimum absolute atomic E-state index is 0.0269. The van der Waals surface area contributed by atoms with Gasteiger partial charge >= 0.3 is 0 Å². The minimum Gasteiger partial charge on any atom is -0.493 e. The molecule has 1 aliphatic rings. The van der Waals surface area contributed by atoms with Crippen LogP contribution in [0.3, 0.4) is 0 Å². The molecule has 9 heteroatoms. The summed E-state index contributed by atoms with van der Waals surface area (Å²) in [5.74, 6) is 0.114. The monoisotopic (exact) mass is 519 g/mol. The summed E-state index contributed by atoms with van der Waals surface area (Å²) in [4.78, 5) is 27.1. The highest BCUT2D eigenvalue weighted by atomic mass is 79.9. The third-order valence-corrected chi connectivity index (χ3v) is 5.55. The highest BCUT2D eigenvalue weighted by molar-refractivity contribution is 9.10. The lowest BCUT2D eigenvalue weighted by atomic mass is 10.1. The number of benzene rings is 2. The molecule has 3 rings (SSSR count). The number of nitrogens with one attached hydrogen (secondary N) is 2. The van der Waals surface area contributed by atoms with Gasteiger partial charge in [0.2, 0.25) is 0 Å². The van der Waals surface area contributed by atoms with E-state index in [0.717, 1.165) is 17.3 Å². The van der Waals surface area contributed by atoms with Gasteiger partial charge in [-0.1, -0.05) is 29.3 Å². The Kier molecular flexibility index (Phi) is 9.01. The number of hydrogen-bond donors (Lipinski definition) is 2. The van der Waals surface area contributed by atoms with E-state index in [1.54, 1.807) is 41.3 Å². The fourth-order valence-corrected chi connectivity index (χ4v) is 3.68. The molecular weight excluding hydrogens is 494 g/mol. The Bertz CT molecular complexity index is 962. The largest absolute Gasteiger partial charge is 0.493 e. The molecule has 1 aliphatic heterocycles. The molecule has 32 heavy (non-hydrogen) atoms. The summed E-state index contributed by atoms with van der Waals surface area (Å²) in [5, 5.41) is 5.81. The first-order valence-electron chi connectivity index (χ1n) is 10.5. The normalized spacial score (nSPS) is 13.4. The van der Waals surface area contributed by atoms with Gasteiger partial charge in [0.05, 0.1) is 25.4 Å². The van der Waals surface area contributed by atoms with E-state index in [2.05, 4.69) is 33.5 Å². The fraction of sp³-hybridized carbons (Fsp3) is 0.348. The van der Waals surface area contributed by atoms with Crippen molar-refractivity contribution < 1.29 is 19.1 Å². The number of nitrogens with zero attached hydrogens (tertiary/aromatic N) is 1. The number of rotatable bonds is 7. The van der Waals surface area contributed by atoms with Crippen LogP contribution in [0, 0.1) is 0 Å². The fourth-order valence-electron chi connectivity index (χ4n) is 3.11. The topological polar surface area (TPSA) is 79.9 Å². The highest BCUT2D eigenvalue weighted by Crippen LogP contribution is 2.23. The van der Waals surface area contributed by atoms with Crippen molar-refractivity contribution in [3.63, 3.8) is 0 Å². The smallest absolute Gasteiger partial charge is 0.261 e. The van der Waals surface area contributed by atoms with E-state index in [4.69, 9.17) is 21.7 Å². The number of ether oxygens (including phenoxy) is 2. The third-order valence-electron chi connectivity index (χ3n) is 4.86. The molecule has 2 aromatic carbocycles. The van der Waals surface area contributed by atoms with Crippen LogP contribution in [0.25, 0.3) is 0 Å². The molecule has 0 spiro atoms. The molecule has 170 valence electrons. The molecule has 7 nitrogen and oxygen atoms in total. The molecule has 1 fully saturated rings. The van der Waals surface area contributed by atoms with Crippen molar-refractivity contribution in [2.75, 3.05) is 38.2 Å². The molecule has 2 aromatic rings. The molecule has 0 saturated carbocycles. The second kappa shape index (κ2) is 11.9. The summed E-state index contributed by atoms with van der Waals surface area (Å²) in [5.41, 5.74) is 1.66. The van der Waals surface area contributed by atoms with Crippen molar-refractivity contribution in [1.29, 1.82) is 0 Å². The summed E-state index contributed by atoms with van der Waals surface area (Å²) in [6.45, 7) is 4.92. The molecule has 0 aliphatic carbocycles. The van der Waals surface area contributed by atoms with Crippen LogP contribution in [-0.4, -0.2) is 54.7 Å². The van der Waals surface area contributed by atoms with Gasteiger partial charge in [-0.2, -0.15) is 0 Å². The van der Waals surface area contributed by atoms with Crippen molar-refractivity contribution in [3.05, 3.63) is 58.1 Å². The zero-order valence-corrected chi connectivity index (χ0v) is 20.3. The molecule has 1 saturated heterocycles. The first-order chi connectivity index (χ1) is 15.5. The maximum Gasteiger partial charge on any atom is 0.261 e. The zero-order chi connectivity index (χ0) is 22.9. The van der Waals surface area contributed by atoms with Crippen LogP contribution in [0.5, 0.6) is 5.75 Å². The van der Waals surface area contributed by atoms with Crippen molar-refractivity contribution >= 4 is 50.8 Å². The molecule has 2 N–H and O–H groups in total. The van der Waals surface area contributed by atoms with E-state index < -0.39 is 0 Å². The second-order valence-corrected chi connectivity index (χ2v) is 8.56. The predicted molar refractivity (Wildman–Crippen MR) is 131 cm³/mol. The van der Waals surface area contributed by atoms with Gasteiger partial charge in [-0.15, -0.1) is 0 Å². The standard InChI is InChI=1S/C23H26BrN3O4S/c1-2-3-12-31-20-9-6-17(24)15-19(20)21(28)26-23(32)25-18-7-4-16(5-8-18)22(29)27-10-13-30-14-11-27/h4-9,15H,2-3,10-14H2,1H3,(H2,25,26,28,32). The molecule has 0 unspecified atom stereocenters. The van der Waals surface area contributed by atoms with Crippen LogP contribution in [0.15, 0.2) is 46.9 Å². The number of halogens is 1. The third kappa shape index (κ3) is 6.75. The van der Waals surface area contributed by atoms with Crippen molar-refractivity contribution in [3.8, 4) is 5.75 Å². The van der Waals surface area contributed by atoms with Gasteiger partial charge in [-0.3, -0.25) is 14.9 Å². The Balaban J connectivity index is 1.59. The zero-order valence-electron chi connectivity index (χ0n) is 17.9. The summed E-state index contributed by atoms with van der Waals surface area (Å²) >= 11 is 8.69. The van der Waals surface area contributed by atoms with E-state index in [1.807, 2.05) is 6.07 Å². The van der Waals surface area contributed by atoms with Gasteiger partial charge in [0, 0.05) is 28.8 Å². The number of carbonyl (C=O) groups excluding carboxylic acids is 2. The summed E-state index contributed by atoms with van der Waals surface area (Å²) in [6, 6.07) is 12.3. The Morgan fingerprint density at radius 1 is 1.16 bits per heavy atom. The molecule has 2 amide bonds. The van der Waals surface area contributed by atoms with Gasteiger partial charge in [-0.25, -0.2) is 0 Å². The van der Waals surface area contributed by atoms with Gasteiger partial charge < -0.3 is 19.7 Å². The van der Waals surface area contributed by atoms with Crippen LogP contribution in [0.1, 0.15) is 40.5 Å². The second-order valence-electron chi connectivity index (χ2n) is 7.23. The molecule has 1 heterocycles. The molecule has 0 radical (unpaired) electrons. The lowest BCUT2D eigenvalue weighted by Gasteiger charge is -2.26. The average Bonchev–Trinajstić information content (AvgIpc) is 2.80. The lowest BCUT2D eigenvalue weighted by molar-refractivity contribution is 0.0303. The van der Waals surface area contributed by atoms with Crippen molar-refractivity contribution in [2.45, 2.75) is 19.8 Å². The number of carbonyl (C=O) groups is 2. The number of anilines is 1. The Hall–Kier alpha value is -2.49.